The molecule has 0 radical (unpaired) electrons. The Labute approximate surface area is 182 Å². The van der Waals surface area contributed by atoms with Crippen LogP contribution in [0.4, 0.5) is 5.69 Å². The maximum absolute atomic E-state index is 13.7. The largest absolute Gasteiger partial charge is 0.383 e. The first-order valence-electron chi connectivity index (χ1n) is 10.8. The molecular weight excluding hydrogens is 392 g/mol. The smallest absolute Gasteiger partial charge is 0.254 e. The van der Waals surface area contributed by atoms with Crippen LogP contribution in [0.1, 0.15) is 64.8 Å². The first kappa shape index (κ1) is 21.2. The summed E-state index contributed by atoms with van der Waals surface area (Å²) in [5, 5.41) is 3.04. The second-order valence-electron chi connectivity index (χ2n) is 8.40. The third-order valence-electron chi connectivity index (χ3n) is 6.63. The number of anilines is 1. The zero-order valence-corrected chi connectivity index (χ0v) is 18.0. The van der Waals surface area contributed by atoms with Crippen molar-refractivity contribution in [3.8, 4) is 0 Å². The molecule has 1 N–H and O–H groups in total. The standard InChI is InChI=1S/C25H28N2O4/c1-17(28)18-9-11-19(12-10-18)26-23(29)22-20-7-3-4-8-21(20)24(30)27(15-16-31-2)25(22)13-5-6-14-25/h3-4,7-12,22H,5-6,13-16H2,1-2H3,(H,26,29)/t22-/m1/s1. The van der Waals surface area contributed by atoms with E-state index in [-0.39, 0.29) is 17.6 Å². The van der Waals surface area contributed by atoms with Crippen LogP contribution in [0.25, 0.3) is 0 Å². The van der Waals surface area contributed by atoms with E-state index >= 15 is 0 Å². The van der Waals surface area contributed by atoms with Gasteiger partial charge in [-0.05, 0) is 55.7 Å². The van der Waals surface area contributed by atoms with Crippen LogP contribution in [0.15, 0.2) is 48.5 Å². The van der Waals surface area contributed by atoms with E-state index in [2.05, 4.69) is 5.32 Å². The highest BCUT2D eigenvalue weighted by molar-refractivity contribution is 6.05. The molecule has 2 amide bonds. The number of ether oxygens (including phenoxy) is 1. The quantitative estimate of drug-likeness (QED) is 0.716. The summed E-state index contributed by atoms with van der Waals surface area (Å²) < 4.78 is 5.28. The number of rotatable bonds is 6. The van der Waals surface area contributed by atoms with Crippen LogP contribution in [0.2, 0.25) is 0 Å². The molecule has 1 aliphatic heterocycles. The Morgan fingerprint density at radius 1 is 1.10 bits per heavy atom. The molecule has 2 aromatic rings. The predicted molar refractivity (Wildman–Crippen MR) is 118 cm³/mol. The van der Waals surface area contributed by atoms with Crippen LogP contribution in [-0.4, -0.2) is 48.3 Å². The van der Waals surface area contributed by atoms with Crippen molar-refractivity contribution in [3.05, 3.63) is 65.2 Å². The van der Waals surface area contributed by atoms with E-state index in [0.29, 0.717) is 30.0 Å². The van der Waals surface area contributed by atoms with Gasteiger partial charge in [0.05, 0.1) is 18.1 Å². The SMILES string of the molecule is COCCN1C(=O)c2ccccc2[C@H](C(=O)Nc2ccc(C(C)=O)cc2)C12CCCC2. The number of Topliss-reactive ketones (excluding diaryl/α,β-unsaturated/α-hetero) is 1. The van der Waals surface area contributed by atoms with Crippen molar-refractivity contribution in [1.29, 1.82) is 0 Å². The lowest BCUT2D eigenvalue weighted by molar-refractivity contribution is -0.121. The van der Waals surface area contributed by atoms with Gasteiger partial charge in [-0.2, -0.15) is 0 Å². The molecule has 2 aliphatic rings. The second-order valence-corrected chi connectivity index (χ2v) is 8.40. The van der Waals surface area contributed by atoms with Gasteiger partial charge in [0, 0.05) is 30.5 Å². The van der Waals surface area contributed by atoms with Gasteiger partial charge in [-0.25, -0.2) is 0 Å². The molecule has 0 unspecified atom stereocenters. The zero-order valence-electron chi connectivity index (χ0n) is 18.0. The van der Waals surface area contributed by atoms with Crippen LogP contribution >= 0.6 is 0 Å². The highest BCUT2D eigenvalue weighted by atomic mass is 16.5. The van der Waals surface area contributed by atoms with Gasteiger partial charge in [0.15, 0.2) is 5.78 Å². The molecule has 162 valence electrons. The van der Waals surface area contributed by atoms with Gasteiger partial charge in [-0.1, -0.05) is 31.0 Å². The van der Waals surface area contributed by atoms with Crippen LogP contribution in [-0.2, 0) is 9.53 Å². The first-order chi connectivity index (χ1) is 15.0. The Bertz CT molecular complexity index is 993. The lowest BCUT2D eigenvalue weighted by Crippen LogP contribution is -2.60. The average molecular weight is 421 g/mol. The molecule has 0 saturated heterocycles. The molecule has 1 atom stereocenters. The van der Waals surface area contributed by atoms with E-state index in [0.717, 1.165) is 31.2 Å². The lowest BCUT2D eigenvalue weighted by atomic mass is 9.71. The Morgan fingerprint density at radius 3 is 2.42 bits per heavy atom. The molecule has 4 rings (SSSR count). The van der Waals surface area contributed by atoms with Crippen molar-refractivity contribution in [2.75, 3.05) is 25.6 Å². The number of benzene rings is 2. The fourth-order valence-electron chi connectivity index (χ4n) is 5.18. The van der Waals surface area contributed by atoms with Crippen LogP contribution in [0, 0.1) is 0 Å². The number of nitrogens with zero attached hydrogens (tertiary/aromatic N) is 1. The molecule has 1 heterocycles. The van der Waals surface area contributed by atoms with Crippen molar-refractivity contribution in [3.63, 3.8) is 0 Å². The number of ketones is 1. The molecule has 31 heavy (non-hydrogen) atoms. The number of fused-ring (bicyclic) bond motifs is 1. The molecule has 1 aliphatic carbocycles. The average Bonchev–Trinajstić information content (AvgIpc) is 3.24. The Hall–Kier alpha value is -2.99. The maximum atomic E-state index is 13.7. The number of carbonyl (C=O) groups is 3. The molecular formula is C25H28N2O4. The van der Waals surface area contributed by atoms with E-state index in [4.69, 9.17) is 4.74 Å². The summed E-state index contributed by atoms with van der Waals surface area (Å²) in [5.74, 6) is -0.631. The van der Waals surface area contributed by atoms with Gasteiger partial charge in [0.25, 0.3) is 5.91 Å². The van der Waals surface area contributed by atoms with Crippen molar-refractivity contribution in [1.82, 2.24) is 4.90 Å². The molecule has 6 heteroatoms. The minimum absolute atomic E-state index is 0.0173. The first-order valence-corrected chi connectivity index (χ1v) is 10.8. The van der Waals surface area contributed by atoms with E-state index in [1.807, 2.05) is 23.1 Å². The third kappa shape index (κ3) is 3.76. The van der Waals surface area contributed by atoms with Gasteiger partial charge in [-0.3, -0.25) is 14.4 Å². The zero-order chi connectivity index (χ0) is 22.0. The van der Waals surface area contributed by atoms with E-state index < -0.39 is 11.5 Å². The summed E-state index contributed by atoms with van der Waals surface area (Å²) in [6, 6.07) is 14.4. The number of nitrogens with one attached hydrogen (secondary N) is 1. The summed E-state index contributed by atoms with van der Waals surface area (Å²) in [6.45, 7) is 2.40. The monoisotopic (exact) mass is 420 g/mol. The van der Waals surface area contributed by atoms with Gasteiger partial charge in [0.2, 0.25) is 5.91 Å². The fraction of sp³-hybridized carbons (Fsp3) is 0.400. The van der Waals surface area contributed by atoms with Crippen LogP contribution in [0.3, 0.4) is 0 Å². The molecule has 1 spiro atoms. The third-order valence-corrected chi connectivity index (χ3v) is 6.63. The summed E-state index contributed by atoms with van der Waals surface area (Å²) in [6.07, 6.45) is 3.54. The number of hydrogen-bond donors (Lipinski definition) is 1. The minimum atomic E-state index is -0.548. The highest BCUT2D eigenvalue weighted by Gasteiger charge is 2.55. The van der Waals surface area contributed by atoms with Gasteiger partial charge < -0.3 is 15.0 Å². The summed E-state index contributed by atoms with van der Waals surface area (Å²) in [7, 11) is 1.62. The Balaban J connectivity index is 1.73. The Kier molecular flexibility index (Phi) is 5.92. The number of carbonyl (C=O) groups excluding carboxylic acids is 3. The van der Waals surface area contributed by atoms with Crippen LogP contribution < -0.4 is 5.32 Å². The van der Waals surface area contributed by atoms with Gasteiger partial charge in [0.1, 0.15) is 0 Å². The number of amides is 2. The normalized spacial score (nSPS) is 19.4. The van der Waals surface area contributed by atoms with Crippen molar-refractivity contribution in [2.45, 2.75) is 44.1 Å². The summed E-state index contributed by atoms with van der Waals surface area (Å²) >= 11 is 0. The van der Waals surface area contributed by atoms with E-state index in [9.17, 15) is 14.4 Å². The van der Waals surface area contributed by atoms with Crippen molar-refractivity contribution in [2.24, 2.45) is 0 Å². The molecule has 0 bridgehead atoms. The summed E-state index contributed by atoms with van der Waals surface area (Å²) in [4.78, 5) is 40.5. The predicted octanol–water partition coefficient (Wildman–Crippen LogP) is 4.03. The summed E-state index contributed by atoms with van der Waals surface area (Å²) in [5.41, 5.74) is 2.07. The molecule has 6 nitrogen and oxygen atoms in total. The van der Waals surface area contributed by atoms with Crippen molar-refractivity contribution < 1.29 is 19.1 Å². The molecule has 1 fully saturated rings. The molecule has 1 saturated carbocycles. The topological polar surface area (TPSA) is 75.7 Å². The number of methoxy groups -OCH3 is 1. The van der Waals surface area contributed by atoms with Crippen LogP contribution in [0.5, 0.6) is 0 Å². The van der Waals surface area contributed by atoms with Gasteiger partial charge >= 0.3 is 0 Å². The number of hydrogen-bond acceptors (Lipinski definition) is 4. The highest BCUT2D eigenvalue weighted by Crippen LogP contribution is 2.50. The van der Waals surface area contributed by atoms with Gasteiger partial charge in [-0.15, -0.1) is 0 Å². The second kappa shape index (κ2) is 8.63. The lowest BCUT2D eigenvalue weighted by Gasteiger charge is -2.50. The minimum Gasteiger partial charge on any atom is -0.383 e. The van der Waals surface area contributed by atoms with E-state index in [1.165, 1.54) is 6.92 Å². The Morgan fingerprint density at radius 2 is 1.77 bits per heavy atom. The van der Waals surface area contributed by atoms with Crippen molar-refractivity contribution >= 4 is 23.3 Å². The molecule has 2 aromatic carbocycles. The maximum Gasteiger partial charge on any atom is 0.254 e. The fourth-order valence-corrected chi connectivity index (χ4v) is 5.18. The van der Waals surface area contributed by atoms with E-state index in [1.54, 1.807) is 37.4 Å². The molecule has 0 aromatic heterocycles.